The van der Waals surface area contributed by atoms with Crippen LogP contribution in [0.15, 0.2) is 0 Å². The van der Waals surface area contributed by atoms with E-state index in [4.69, 9.17) is 5.73 Å². The topological polar surface area (TPSA) is 41.3 Å². The third kappa shape index (κ3) is 1.93. The number of rotatable bonds is 2. The van der Waals surface area contributed by atoms with Crippen molar-refractivity contribution < 1.29 is 0 Å². The van der Waals surface area contributed by atoms with Gasteiger partial charge in [-0.15, -0.1) is 0 Å². The van der Waals surface area contributed by atoms with Gasteiger partial charge in [0.2, 0.25) is 0 Å². The summed E-state index contributed by atoms with van der Waals surface area (Å²) >= 11 is 0. The normalized spacial score (nSPS) is 29.3. The van der Waals surface area contributed by atoms with Crippen molar-refractivity contribution in [1.29, 1.82) is 0 Å². The zero-order chi connectivity index (χ0) is 6.69. The summed E-state index contributed by atoms with van der Waals surface area (Å²) in [5, 5.41) is 3.21. The lowest BCUT2D eigenvalue weighted by molar-refractivity contribution is 0.399. The second kappa shape index (κ2) is 3.15. The van der Waals surface area contributed by atoms with Crippen molar-refractivity contribution in [2.75, 3.05) is 26.8 Å². The molecule has 0 saturated carbocycles. The molecule has 1 atom stereocenters. The zero-order valence-corrected chi connectivity index (χ0v) is 5.93. The average molecular weight is 129 g/mol. The van der Waals surface area contributed by atoms with E-state index in [1.165, 1.54) is 13.0 Å². The number of nitrogens with zero attached hydrogens (tertiary/aromatic N) is 1. The van der Waals surface area contributed by atoms with Crippen LogP contribution in [0.1, 0.15) is 6.42 Å². The molecule has 0 aromatic heterocycles. The molecule has 1 aliphatic rings. The molecule has 1 saturated heterocycles. The molecule has 3 heteroatoms. The van der Waals surface area contributed by atoms with Crippen LogP contribution in [0.25, 0.3) is 0 Å². The number of hydrogen-bond donors (Lipinski definition) is 2. The molecule has 0 aromatic carbocycles. The summed E-state index contributed by atoms with van der Waals surface area (Å²) in [7, 11) is 2.14. The van der Waals surface area contributed by atoms with Gasteiger partial charge in [-0.2, -0.15) is 0 Å². The number of nitrogens with two attached hydrogens (primary N) is 1. The van der Waals surface area contributed by atoms with E-state index in [9.17, 15) is 0 Å². The van der Waals surface area contributed by atoms with Gasteiger partial charge in [0.25, 0.3) is 0 Å². The third-order valence-corrected chi connectivity index (χ3v) is 1.80. The van der Waals surface area contributed by atoms with Crippen LogP contribution in [0.4, 0.5) is 0 Å². The summed E-state index contributed by atoms with van der Waals surface area (Å²) < 4.78 is 0. The SMILES string of the molecule is CN1CCC(NCN)C1. The second-order valence-corrected chi connectivity index (χ2v) is 2.66. The van der Waals surface area contributed by atoms with Crippen LogP contribution in [-0.2, 0) is 0 Å². The molecule has 0 aliphatic carbocycles. The smallest absolute Gasteiger partial charge is 0.0431 e. The van der Waals surface area contributed by atoms with Crippen LogP contribution in [0, 0.1) is 0 Å². The first-order valence-corrected chi connectivity index (χ1v) is 3.45. The molecule has 1 rings (SSSR count). The summed E-state index contributed by atoms with van der Waals surface area (Å²) in [4.78, 5) is 2.31. The van der Waals surface area contributed by atoms with Crippen LogP contribution < -0.4 is 11.1 Å². The summed E-state index contributed by atoms with van der Waals surface area (Å²) in [6.07, 6.45) is 1.24. The highest BCUT2D eigenvalue weighted by atomic mass is 15.2. The zero-order valence-electron chi connectivity index (χ0n) is 5.93. The highest BCUT2D eigenvalue weighted by Gasteiger charge is 2.17. The maximum Gasteiger partial charge on any atom is 0.0431 e. The number of likely N-dealkylation sites (tertiary alicyclic amines) is 1. The predicted octanol–water partition coefficient (Wildman–Crippen LogP) is -0.804. The van der Waals surface area contributed by atoms with E-state index in [1.54, 1.807) is 0 Å². The molecular weight excluding hydrogens is 114 g/mol. The van der Waals surface area contributed by atoms with Gasteiger partial charge in [0.1, 0.15) is 0 Å². The van der Waals surface area contributed by atoms with Crippen molar-refractivity contribution in [2.24, 2.45) is 5.73 Å². The van der Waals surface area contributed by atoms with Crippen molar-refractivity contribution in [3.05, 3.63) is 0 Å². The van der Waals surface area contributed by atoms with Gasteiger partial charge in [-0.05, 0) is 20.0 Å². The molecule has 0 amide bonds. The quantitative estimate of drug-likeness (QED) is 0.479. The Kier molecular flexibility index (Phi) is 2.45. The van der Waals surface area contributed by atoms with Crippen LogP contribution in [-0.4, -0.2) is 37.7 Å². The lowest BCUT2D eigenvalue weighted by Crippen LogP contribution is -2.35. The Hall–Kier alpha value is -0.120. The average Bonchev–Trinajstić information content (AvgIpc) is 2.17. The highest BCUT2D eigenvalue weighted by Crippen LogP contribution is 2.04. The Morgan fingerprint density at radius 1 is 1.78 bits per heavy atom. The van der Waals surface area contributed by atoms with Gasteiger partial charge in [0, 0.05) is 19.3 Å². The molecule has 3 N–H and O–H groups in total. The Morgan fingerprint density at radius 3 is 3.00 bits per heavy atom. The molecule has 54 valence electrons. The predicted molar refractivity (Wildman–Crippen MR) is 38.1 cm³/mol. The van der Waals surface area contributed by atoms with Crippen molar-refractivity contribution >= 4 is 0 Å². The van der Waals surface area contributed by atoms with Gasteiger partial charge in [-0.1, -0.05) is 0 Å². The van der Waals surface area contributed by atoms with Crippen molar-refractivity contribution in [2.45, 2.75) is 12.5 Å². The molecule has 0 spiro atoms. The van der Waals surface area contributed by atoms with E-state index in [0.29, 0.717) is 12.7 Å². The van der Waals surface area contributed by atoms with E-state index in [1.807, 2.05) is 0 Å². The number of nitrogens with one attached hydrogen (secondary N) is 1. The largest absolute Gasteiger partial charge is 0.318 e. The molecule has 1 unspecified atom stereocenters. The van der Waals surface area contributed by atoms with E-state index in [0.717, 1.165) is 6.54 Å². The molecule has 9 heavy (non-hydrogen) atoms. The summed E-state index contributed by atoms with van der Waals surface area (Å²) in [5.41, 5.74) is 5.32. The van der Waals surface area contributed by atoms with Crippen LogP contribution in [0.2, 0.25) is 0 Å². The van der Waals surface area contributed by atoms with Gasteiger partial charge < -0.3 is 16.0 Å². The minimum absolute atomic E-state index is 0.610. The van der Waals surface area contributed by atoms with E-state index >= 15 is 0 Å². The van der Waals surface area contributed by atoms with Gasteiger partial charge >= 0.3 is 0 Å². The van der Waals surface area contributed by atoms with E-state index in [2.05, 4.69) is 17.3 Å². The molecule has 0 radical (unpaired) electrons. The van der Waals surface area contributed by atoms with Crippen LogP contribution in [0.5, 0.6) is 0 Å². The minimum Gasteiger partial charge on any atom is -0.318 e. The number of hydrogen-bond acceptors (Lipinski definition) is 3. The van der Waals surface area contributed by atoms with Gasteiger partial charge in [-0.25, -0.2) is 0 Å². The maximum atomic E-state index is 5.32. The van der Waals surface area contributed by atoms with E-state index < -0.39 is 0 Å². The van der Waals surface area contributed by atoms with E-state index in [-0.39, 0.29) is 0 Å². The second-order valence-electron chi connectivity index (χ2n) is 2.66. The third-order valence-electron chi connectivity index (χ3n) is 1.80. The van der Waals surface area contributed by atoms with Gasteiger partial charge in [0.15, 0.2) is 0 Å². The Balaban J connectivity index is 2.14. The lowest BCUT2D eigenvalue weighted by atomic mass is 10.3. The van der Waals surface area contributed by atoms with Crippen molar-refractivity contribution in [1.82, 2.24) is 10.2 Å². The first-order valence-electron chi connectivity index (χ1n) is 3.45. The fourth-order valence-corrected chi connectivity index (χ4v) is 1.27. The summed E-state index contributed by atoms with van der Waals surface area (Å²) in [5.74, 6) is 0. The molecule has 0 aromatic rings. The molecule has 0 bridgehead atoms. The number of likely N-dealkylation sites (N-methyl/N-ethyl adjacent to an activating group) is 1. The minimum atomic E-state index is 0.610. The highest BCUT2D eigenvalue weighted by molar-refractivity contribution is 4.77. The molecule has 3 nitrogen and oxygen atoms in total. The molecule has 1 fully saturated rings. The summed E-state index contributed by atoms with van der Waals surface area (Å²) in [6.45, 7) is 2.97. The monoisotopic (exact) mass is 129 g/mol. The molecule has 1 aliphatic heterocycles. The Morgan fingerprint density at radius 2 is 2.56 bits per heavy atom. The summed E-state index contributed by atoms with van der Waals surface area (Å²) in [6, 6.07) is 0.639. The van der Waals surface area contributed by atoms with Gasteiger partial charge in [-0.3, -0.25) is 0 Å². The van der Waals surface area contributed by atoms with Gasteiger partial charge in [0.05, 0.1) is 0 Å². The fraction of sp³-hybridized carbons (Fsp3) is 1.00. The first kappa shape index (κ1) is 6.99. The maximum absolute atomic E-state index is 5.32. The van der Waals surface area contributed by atoms with Crippen molar-refractivity contribution in [3.63, 3.8) is 0 Å². The van der Waals surface area contributed by atoms with Crippen LogP contribution >= 0.6 is 0 Å². The Labute approximate surface area is 56.2 Å². The molecular formula is C6H15N3. The lowest BCUT2D eigenvalue weighted by Gasteiger charge is -2.09. The van der Waals surface area contributed by atoms with Crippen LogP contribution in [0.3, 0.4) is 0 Å². The standard InChI is InChI=1S/C6H15N3/c1-9-3-2-6(4-9)8-5-7/h6,8H,2-5,7H2,1H3. The fourth-order valence-electron chi connectivity index (χ4n) is 1.27. The Bertz CT molecular complexity index is 82.4. The van der Waals surface area contributed by atoms with Crippen molar-refractivity contribution in [3.8, 4) is 0 Å². The first-order chi connectivity index (χ1) is 4.33. The molecule has 1 heterocycles.